The third-order valence-corrected chi connectivity index (χ3v) is 5.86. The van der Waals surface area contributed by atoms with Gasteiger partial charge in [0, 0.05) is 26.2 Å². The molecule has 0 atom stereocenters. The van der Waals surface area contributed by atoms with Gasteiger partial charge in [0.15, 0.2) is 0 Å². The quantitative estimate of drug-likeness (QED) is 0.330. The SMILES string of the molecule is CN(CCCCCc1cc(-c2ccc(F)cc2)n(C)n1)C(=O)c1ccc(Cn2cncn2)cc1. The van der Waals surface area contributed by atoms with E-state index in [0.29, 0.717) is 18.7 Å². The molecule has 0 aliphatic carbocycles. The molecule has 0 fully saturated rings. The fourth-order valence-electron chi connectivity index (χ4n) is 3.95. The molecule has 0 unspecified atom stereocenters. The number of amides is 1. The maximum atomic E-state index is 13.2. The van der Waals surface area contributed by atoms with Gasteiger partial charge in [-0.05, 0) is 72.9 Å². The summed E-state index contributed by atoms with van der Waals surface area (Å²) in [6, 6.07) is 16.2. The number of hydrogen-bond acceptors (Lipinski definition) is 4. The second kappa shape index (κ2) is 10.9. The lowest BCUT2D eigenvalue weighted by molar-refractivity contribution is 0.0792. The summed E-state index contributed by atoms with van der Waals surface area (Å²) in [7, 11) is 3.75. The van der Waals surface area contributed by atoms with E-state index in [-0.39, 0.29) is 11.7 Å². The molecule has 0 spiro atoms. The van der Waals surface area contributed by atoms with Crippen molar-refractivity contribution >= 4 is 5.91 Å². The highest BCUT2D eigenvalue weighted by Crippen LogP contribution is 2.21. The van der Waals surface area contributed by atoms with Gasteiger partial charge in [0.05, 0.1) is 17.9 Å². The zero-order chi connectivity index (χ0) is 23.9. The number of nitrogens with zero attached hydrogens (tertiary/aromatic N) is 6. The van der Waals surface area contributed by atoms with Crippen LogP contribution in [0.15, 0.2) is 67.3 Å². The van der Waals surface area contributed by atoms with Crippen LogP contribution in [0.25, 0.3) is 11.3 Å². The summed E-state index contributed by atoms with van der Waals surface area (Å²) in [5.74, 6) is -0.212. The lowest BCUT2D eigenvalue weighted by Crippen LogP contribution is -2.27. The van der Waals surface area contributed by atoms with Gasteiger partial charge in [-0.15, -0.1) is 0 Å². The zero-order valence-corrected chi connectivity index (χ0v) is 19.6. The number of carbonyl (C=O) groups excluding carboxylic acids is 1. The van der Waals surface area contributed by atoms with Crippen molar-refractivity contribution in [2.24, 2.45) is 7.05 Å². The average Bonchev–Trinajstić information content (AvgIpc) is 3.49. The minimum atomic E-state index is -0.241. The van der Waals surface area contributed by atoms with Crippen LogP contribution in [0.3, 0.4) is 0 Å². The number of carbonyl (C=O) groups is 1. The van der Waals surface area contributed by atoms with E-state index in [9.17, 15) is 9.18 Å². The lowest BCUT2D eigenvalue weighted by atomic mass is 10.1. The molecular weight excluding hydrogens is 431 g/mol. The zero-order valence-electron chi connectivity index (χ0n) is 19.6. The molecular formula is C26H29FN6O. The number of rotatable bonds is 10. The molecule has 34 heavy (non-hydrogen) atoms. The van der Waals surface area contributed by atoms with Crippen molar-refractivity contribution in [3.8, 4) is 11.3 Å². The predicted molar refractivity (Wildman–Crippen MR) is 129 cm³/mol. The van der Waals surface area contributed by atoms with Crippen molar-refractivity contribution in [1.29, 1.82) is 0 Å². The van der Waals surface area contributed by atoms with Gasteiger partial charge in [0.2, 0.25) is 0 Å². The Kier molecular flexibility index (Phi) is 7.47. The highest BCUT2D eigenvalue weighted by Gasteiger charge is 2.12. The Balaban J connectivity index is 1.20. The molecule has 4 aromatic rings. The molecule has 2 aromatic carbocycles. The molecule has 2 aromatic heterocycles. The fraction of sp³-hybridized carbons (Fsp3) is 0.308. The summed E-state index contributed by atoms with van der Waals surface area (Å²) in [4.78, 5) is 18.4. The first-order chi connectivity index (χ1) is 16.5. The Bertz CT molecular complexity index is 1200. The van der Waals surface area contributed by atoms with Crippen molar-refractivity contribution in [2.75, 3.05) is 13.6 Å². The smallest absolute Gasteiger partial charge is 0.253 e. The number of hydrogen-bond donors (Lipinski definition) is 0. The van der Waals surface area contributed by atoms with Crippen LogP contribution in [0.2, 0.25) is 0 Å². The summed E-state index contributed by atoms with van der Waals surface area (Å²) >= 11 is 0. The predicted octanol–water partition coefficient (Wildman–Crippen LogP) is 4.35. The Hall–Kier alpha value is -3.81. The van der Waals surface area contributed by atoms with Gasteiger partial charge < -0.3 is 4.90 Å². The van der Waals surface area contributed by atoms with Crippen LogP contribution in [-0.2, 0) is 20.0 Å². The molecule has 0 aliphatic rings. The minimum absolute atomic E-state index is 0.0287. The van der Waals surface area contributed by atoms with Gasteiger partial charge in [-0.3, -0.25) is 9.48 Å². The van der Waals surface area contributed by atoms with Crippen LogP contribution in [0.4, 0.5) is 4.39 Å². The highest BCUT2D eigenvalue weighted by molar-refractivity contribution is 5.94. The molecule has 2 heterocycles. The molecule has 176 valence electrons. The second-order valence-electron chi connectivity index (χ2n) is 8.48. The molecule has 0 aliphatic heterocycles. The van der Waals surface area contributed by atoms with Crippen molar-refractivity contribution in [2.45, 2.75) is 32.2 Å². The standard InChI is InChI=1S/C26H29FN6O/c1-31(26(34)22-9-7-20(8-10-22)17-33-19-28-18-29-33)15-5-3-4-6-24-16-25(32(2)30-24)21-11-13-23(27)14-12-21/h7-14,16,18-19H,3-6,15,17H2,1-2H3. The van der Waals surface area contributed by atoms with Crippen molar-refractivity contribution in [3.63, 3.8) is 0 Å². The number of unbranched alkanes of at least 4 members (excludes halogenated alkanes) is 2. The van der Waals surface area contributed by atoms with Gasteiger partial charge >= 0.3 is 0 Å². The molecule has 0 bridgehead atoms. The summed E-state index contributed by atoms with van der Waals surface area (Å²) in [5, 5.41) is 8.69. The summed E-state index contributed by atoms with van der Waals surface area (Å²) in [5.41, 5.74) is 4.72. The number of aromatic nitrogens is 5. The Morgan fingerprint density at radius 2 is 1.79 bits per heavy atom. The fourth-order valence-corrected chi connectivity index (χ4v) is 3.95. The van der Waals surface area contributed by atoms with Crippen molar-refractivity contribution in [1.82, 2.24) is 29.4 Å². The monoisotopic (exact) mass is 460 g/mol. The van der Waals surface area contributed by atoms with E-state index < -0.39 is 0 Å². The Morgan fingerprint density at radius 3 is 2.50 bits per heavy atom. The van der Waals surface area contributed by atoms with Gasteiger partial charge in [-0.2, -0.15) is 10.2 Å². The molecule has 1 amide bonds. The van der Waals surface area contributed by atoms with Crippen LogP contribution in [0, 0.1) is 5.82 Å². The Labute approximate surface area is 198 Å². The van der Waals surface area contributed by atoms with E-state index in [1.807, 2.05) is 43.0 Å². The Morgan fingerprint density at radius 1 is 1.03 bits per heavy atom. The summed E-state index contributed by atoms with van der Waals surface area (Å²) in [6.07, 6.45) is 7.00. The summed E-state index contributed by atoms with van der Waals surface area (Å²) < 4.78 is 16.8. The van der Waals surface area contributed by atoms with Crippen LogP contribution < -0.4 is 0 Å². The van der Waals surface area contributed by atoms with E-state index in [0.717, 1.165) is 48.2 Å². The molecule has 8 heteroatoms. The van der Waals surface area contributed by atoms with E-state index in [1.54, 1.807) is 28.0 Å². The third kappa shape index (κ3) is 5.95. The van der Waals surface area contributed by atoms with Gasteiger partial charge in [0.1, 0.15) is 18.5 Å². The topological polar surface area (TPSA) is 68.8 Å². The first kappa shape index (κ1) is 23.4. The van der Waals surface area contributed by atoms with E-state index >= 15 is 0 Å². The highest BCUT2D eigenvalue weighted by atomic mass is 19.1. The third-order valence-electron chi connectivity index (χ3n) is 5.86. The maximum absolute atomic E-state index is 13.2. The molecule has 7 nitrogen and oxygen atoms in total. The number of benzene rings is 2. The van der Waals surface area contributed by atoms with Crippen LogP contribution >= 0.6 is 0 Å². The molecule has 0 N–H and O–H groups in total. The lowest BCUT2D eigenvalue weighted by Gasteiger charge is -2.17. The molecule has 0 saturated heterocycles. The molecule has 4 rings (SSSR count). The van der Waals surface area contributed by atoms with Crippen molar-refractivity contribution in [3.05, 3.63) is 89.9 Å². The molecule has 0 saturated carbocycles. The van der Waals surface area contributed by atoms with Crippen LogP contribution in [-0.4, -0.2) is 48.9 Å². The van der Waals surface area contributed by atoms with Gasteiger partial charge in [-0.1, -0.05) is 18.6 Å². The average molecular weight is 461 g/mol. The van der Waals surface area contributed by atoms with Crippen molar-refractivity contribution < 1.29 is 9.18 Å². The van der Waals surface area contributed by atoms with E-state index in [4.69, 9.17) is 0 Å². The van der Waals surface area contributed by atoms with Crippen LogP contribution in [0.1, 0.15) is 40.9 Å². The first-order valence-electron chi connectivity index (χ1n) is 11.5. The van der Waals surface area contributed by atoms with Gasteiger partial charge in [0.25, 0.3) is 5.91 Å². The van der Waals surface area contributed by atoms with Crippen LogP contribution in [0.5, 0.6) is 0 Å². The first-order valence-corrected chi connectivity index (χ1v) is 11.5. The molecule has 0 radical (unpaired) electrons. The maximum Gasteiger partial charge on any atom is 0.253 e. The summed E-state index contributed by atoms with van der Waals surface area (Å²) in [6.45, 7) is 1.34. The second-order valence-corrected chi connectivity index (χ2v) is 8.48. The van der Waals surface area contributed by atoms with E-state index in [2.05, 4.69) is 21.2 Å². The largest absolute Gasteiger partial charge is 0.342 e. The normalized spacial score (nSPS) is 11.0. The number of aryl methyl sites for hydroxylation is 2. The minimum Gasteiger partial charge on any atom is -0.342 e. The van der Waals surface area contributed by atoms with E-state index in [1.165, 1.54) is 18.5 Å². The number of halogens is 1. The van der Waals surface area contributed by atoms with Gasteiger partial charge in [-0.25, -0.2) is 14.1 Å².